The Morgan fingerprint density at radius 3 is 2.89 bits per heavy atom. The molecule has 1 atom stereocenters. The van der Waals surface area contributed by atoms with Crippen molar-refractivity contribution in [2.24, 2.45) is 0 Å². The lowest BCUT2D eigenvalue weighted by atomic mass is 10.1. The summed E-state index contributed by atoms with van der Waals surface area (Å²) in [4.78, 5) is 25.1. The summed E-state index contributed by atoms with van der Waals surface area (Å²) < 4.78 is 19.5. The van der Waals surface area contributed by atoms with Gasteiger partial charge in [-0.2, -0.15) is 0 Å². The number of ketones is 1. The number of fused-ring (bicyclic) bond motifs is 1. The molecule has 0 aromatic heterocycles. The van der Waals surface area contributed by atoms with Crippen molar-refractivity contribution >= 4 is 17.4 Å². The van der Waals surface area contributed by atoms with Gasteiger partial charge in [0.05, 0.1) is 23.9 Å². The maximum absolute atomic E-state index is 14.0. The predicted octanol–water partition coefficient (Wildman–Crippen LogP) is 1.84. The van der Waals surface area contributed by atoms with E-state index in [2.05, 4.69) is 0 Å². The van der Waals surface area contributed by atoms with Crippen molar-refractivity contribution < 1.29 is 18.7 Å². The highest BCUT2D eigenvalue weighted by atomic mass is 19.1. The molecule has 2 aliphatic rings. The number of anilines is 1. The summed E-state index contributed by atoms with van der Waals surface area (Å²) >= 11 is 0. The summed E-state index contributed by atoms with van der Waals surface area (Å²) in [7, 11) is 0. The van der Waals surface area contributed by atoms with Crippen LogP contribution in [0, 0.1) is 12.7 Å². The standard InChI is InChI=1S/C14H14FNO3/c1-8-5-10-12(11(15)6-8)16(14(18)13(10)17)7-9-3-2-4-19-9/h5-6,9H,2-4,7H2,1H3. The summed E-state index contributed by atoms with van der Waals surface area (Å²) in [6.07, 6.45) is 1.66. The molecule has 1 saturated heterocycles. The second kappa shape index (κ2) is 4.42. The second-order valence-electron chi connectivity index (χ2n) is 5.02. The van der Waals surface area contributed by atoms with Gasteiger partial charge >= 0.3 is 0 Å². The Kier molecular flexibility index (Phi) is 2.86. The van der Waals surface area contributed by atoms with E-state index >= 15 is 0 Å². The summed E-state index contributed by atoms with van der Waals surface area (Å²) in [5, 5.41) is 0. The average Bonchev–Trinajstić information content (AvgIpc) is 2.93. The lowest BCUT2D eigenvalue weighted by Gasteiger charge is -2.20. The Balaban J connectivity index is 1.99. The van der Waals surface area contributed by atoms with Gasteiger partial charge in [-0.3, -0.25) is 14.5 Å². The maximum atomic E-state index is 14.0. The van der Waals surface area contributed by atoms with Crippen molar-refractivity contribution in [3.63, 3.8) is 0 Å². The van der Waals surface area contributed by atoms with Crippen LogP contribution in [0.1, 0.15) is 28.8 Å². The van der Waals surface area contributed by atoms with Gasteiger partial charge in [-0.15, -0.1) is 0 Å². The fourth-order valence-corrected chi connectivity index (χ4v) is 2.69. The number of amides is 1. The minimum Gasteiger partial charge on any atom is -0.376 e. The Morgan fingerprint density at radius 2 is 2.21 bits per heavy atom. The number of benzene rings is 1. The summed E-state index contributed by atoms with van der Waals surface area (Å²) in [5.41, 5.74) is 0.910. The molecule has 0 radical (unpaired) electrons. The van der Waals surface area contributed by atoms with Crippen LogP contribution in [0.4, 0.5) is 10.1 Å². The molecular formula is C14H14FNO3. The Morgan fingerprint density at radius 1 is 1.42 bits per heavy atom. The minimum absolute atomic E-state index is 0.108. The van der Waals surface area contributed by atoms with Crippen LogP contribution in [0.2, 0.25) is 0 Å². The number of hydrogen-bond acceptors (Lipinski definition) is 3. The lowest BCUT2D eigenvalue weighted by molar-refractivity contribution is -0.114. The molecule has 1 unspecified atom stereocenters. The largest absolute Gasteiger partial charge is 0.376 e. The Hall–Kier alpha value is -1.75. The summed E-state index contributed by atoms with van der Waals surface area (Å²) in [6, 6.07) is 2.90. The summed E-state index contributed by atoms with van der Waals surface area (Å²) in [5.74, 6) is -1.81. The fourth-order valence-electron chi connectivity index (χ4n) is 2.69. The Bertz CT molecular complexity index is 564. The zero-order valence-electron chi connectivity index (χ0n) is 10.6. The molecule has 1 fully saturated rings. The molecule has 3 rings (SSSR count). The van der Waals surface area contributed by atoms with Crippen molar-refractivity contribution in [2.45, 2.75) is 25.9 Å². The number of carbonyl (C=O) groups is 2. The smallest absolute Gasteiger partial charge is 0.299 e. The number of nitrogens with zero attached hydrogens (tertiary/aromatic N) is 1. The van der Waals surface area contributed by atoms with E-state index in [1.807, 2.05) is 0 Å². The number of carbonyl (C=O) groups excluding carboxylic acids is 2. The van der Waals surface area contributed by atoms with Crippen LogP contribution in [-0.4, -0.2) is 30.9 Å². The van der Waals surface area contributed by atoms with E-state index in [1.54, 1.807) is 13.0 Å². The SMILES string of the molecule is Cc1cc(F)c2c(c1)C(=O)C(=O)N2CC1CCCO1. The highest BCUT2D eigenvalue weighted by Gasteiger charge is 2.39. The van der Waals surface area contributed by atoms with Gasteiger partial charge in [0.1, 0.15) is 5.82 Å². The second-order valence-corrected chi connectivity index (χ2v) is 5.02. The van der Waals surface area contributed by atoms with Crippen LogP contribution in [0.3, 0.4) is 0 Å². The lowest BCUT2D eigenvalue weighted by Crippen LogP contribution is -2.36. The van der Waals surface area contributed by atoms with E-state index in [9.17, 15) is 14.0 Å². The predicted molar refractivity (Wildman–Crippen MR) is 66.8 cm³/mol. The van der Waals surface area contributed by atoms with Gasteiger partial charge in [0, 0.05) is 6.61 Å². The number of halogens is 1. The number of rotatable bonds is 2. The molecule has 100 valence electrons. The fraction of sp³-hybridized carbons (Fsp3) is 0.429. The minimum atomic E-state index is -0.657. The van der Waals surface area contributed by atoms with Crippen LogP contribution in [0.15, 0.2) is 12.1 Å². The molecule has 0 bridgehead atoms. The molecule has 0 aliphatic carbocycles. The zero-order valence-corrected chi connectivity index (χ0v) is 10.6. The molecule has 19 heavy (non-hydrogen) atoms. The number of hydrogen-bond donors (Lipinski definition) is 0. The van der Waals surface area contributed by atoms with E-state index in [0.29, 0.717) is 12.2 Å². The van der Waals surface area contributed by atoms with Gasteiger partial charge < -0.3 is 4.74 Å². The third-order valence-electron chi connectivity index (χ3n) is 3.57. The first-order valence-corrected chi connectivity index (χ1v) is 6.36. The molecule has 1 aromatic carbocycles. The molecule has 5 heteroatoms. The topological polar surface area (TPSA) is 46.6 Å². The van der Waals surface area contributed by atoms with Crippen LogP contribution in [0.5, 0.6) is 0 Å². The molecule has 2 aliphatic heterocycles. The van der Waals surface area contributed by atoms with Crippen molar-refractivity contribution in [1.82, 2.24) is 0 Å². The van der Waals surface area contributed by atoms with E-state index < -0.39 is 17.5 Å². The van der Waals surface area contributed by atoms with Gasteiger partial charge in [-0.1, -0.05) is 0 Å². The number of ether oxygens (including phenoxy) is 1. The van der Waals surface area contributed by atoms with Crippen LogP contribution in [0.25, 0.3) is 0 Å². The van der Waals surface area contributed by atoms with Crippen LogP contribution in [-0.2, 0) is 9.53 Å². The molecule has 0 saturated carbocycles. The third-order valence-corrected chi connectivity index (χ3v) is 3.57. The first-order valence-electron chi connectivity index (χ1n) is 6.36. The van der Waals surface area contributed by atoms with Gasteiger partial charge in [-0.25, -0.2) is 4.39 Å². The molecule has 0 spiro atoms. The molecule has 4 nitrogen and oxygen atoms in total. The third kappa shape index (κ3) is 1.94. The quantitative estimate of drug-likeness (QED) is 0.765. The molecule has 2 heterocycles. The van der Waals surface area contributed by atoms with Gasteiger partial charge in [-0.05, 0) is 37.5 Å². The van der Waals surface area contributed by atoms with Crippen LogP contribution < -0.4 is 4.90 Å². The van der Waals surface area contributed by atoms with E-state index in [-0.39, 0.29) is 23.9 Å². The number of aryl methyl sites for hydroxylation is 1. The van der Waals surface area contributed by atoms with Crippen molar-refractivity contribution in [3.05, 3.63) is 29.1 Å². The highest BCUT2D eigenvalue weighted by Crippen LogP contribution is 2.33. The van der Waals surface area contributed by atoms with Gasteiger partial charge in [0.15, 0.2) is 0 Å². The first-order chi connectivity index (χ1) is 9.08. The zero-order chi connectivity index (χ0) is 13.6. The van der Waals surface area contributed by atoms with E-state index in [4.69, 9.17) is 4.74 Å². The Labute approximate surface area is 110 Å². The van der Waals surface area contributed by atoms with Crippen molar-refractivity contribution in [3.8, 4) is 0 Å². The number of Topliss-reactive ketones (excluding diaryl/α,β-unsaturated/α-hetero) is 1. The van der Waals surface area contributed by atoms with E-state index in [1.165, 1.54) is 11.0 Å². The molecule has 0 N–H and O–H groups in total. The molecule has 1 amide bonds. The van der Waals surface area contributed by atoms with Crippen molar-refractivity contribution in [1.29, 1.82) is 0 Å². The molecular weight excluding hydrogens is 249 g/mol. The average molecular weight is 263 g/mol. The van der Waals surface area contributed by atoms with Crippen LogP contribution >= 0.6 is 0 Å². The monoisotopic (exact) mass is 263 g/mol. The van der Waals surface area contributed by atoms with Gasteiger partial charge in [0.2, 0.25) is 0 Å². The van der Waals surface area contributed by atoms with Gasteiger partial charge in [0.25, 0.3) is 11.7 Å². The van der Waals surface area contributed by atoms with Crippen molar-refractivity contribution in [2.75, 3.05) is 18.1 Å². The summed E-state index contributed by atoms with van der Waals surface area (Å²) in [6.45, 7) is 2.60. The highest BCUT2D eigenvalue weighted by molar-refractivity contribution is 6.52. The normalized spacial score (nSPS) is 22.2. The maximum Gasteiger partial charge on any atom is 0.299 e. The van der Waals surface area contributed by atoms with E-state index in [0.717, 1.165) is 12.8 Å². The first kappa shape index (κ1) is 12.3. The molecule has 1 aromatic rings.